The van der Waals surface area contributed by atoms with Crippen molar-refractivity contribution in [2.24, 2.45) is 0 Å². The summed E-state index contributed by atoms with van der Waals surface area (Å²) in [6.45, 7) is 4.44. The van der Waals surface area contributed by atoms with Crippen molar-refractivity contribution in [2.45, 2.75) is 32.9 Å². The molecule has 0 radical (unpaired) electrons. The van der Waals surface area contributed by atoms with Crippen molar-refractivity contribution in [3.05, 3.63) is 69.5 Å². The number of aryl methyl sites for hydroxylation is 1. The normalized spacial score (nSPS) is 12.0. The largest absolute Gasteiger partial charge is 0.350 e. The summed E-state index contributed by atoms with van der Waals surface area (Å²) in [5, 5.41) is 10.8. The smallest absolute Gasteiger partial charge is 0.222 e. The number of hydrogen-bond donors (Lipinski definition) is 2. The number of carbonyl (C=O) groups is 1. The summed E-state index contributed by atoms with van der Waals surface area (Å²) in [6, 6.07) is 15.4. The van der Waals surface area contributed by atoms with E-state index in [2.05, 4.69) is 15.5 Å². The Balaban J connectivity index is 1.65. The summed E-state index contributed by atoms with van der Waals surface area (Å²) in [7, 11) is 0. The monoisotopic (exact) mass is 400 g/mol. The first-order valence-corrected chi connectivity index (χ1v) is 9.50. The van der Waals surface area contributed by atoms with E-state index in [4.69, 9.17) is 23.8 Å². The van der Waals surface area contributed by atoms with E-state index < -0.39 is 0 Å². The molecule has 3 rings (SSSR count). The molecule has 1 atom stereocenters. The molecular formula is C20H21ClN4OS. The number of carbonyl (C=O) groups excluding carboxylic acids is 1. The highest BCUT2D eigenvalue weighted by Gasteiger charge is 2.13. The fourth-order valence-corrected chi connectivity index (χ4v) is 3.16. The third kappa shape index (κ3) is 4.84. The topological polar surface area (TPSA) is 62.7 Å². The third-order valence-corrected chi connectivity index (χ3v) is 4.94. The number of H-pyrrole nitrogens is 1. The summed E-state index contributed by atoms with van der Waals surface area (Å²) in [5.41, 5.74) is 3.14. The molecule has 1 heterocycles. The zero-order chi connectivity index (χ0) is 19.4. The number of hydrogen-bond acceptors (Lipinski definition) is 3. The Labute approximate surface area is 168 Å². The molecule has 0 spiro atoms. The van der Waals surface area contributed by atoms with Crippen molar-refractivity contribution in [3.8, 4) is 11.4 Å². The van der Waals surface area contributed by atoms with Gasteiger partial charge in [0.25, 0.3) is 0 Å². The summed E-state index contributed by atoms with van der Waals surface area (Å²) >= 11 is 11.2. The lowest BCUT2D eigenvalue weighted by atomic mass is 10.1. The number of benzene rings is 2. The highest BCUT2D eigenvalue weighted by atomic mass is 35.5. The lowest BCUT2D eigenvalue weighted by Gasteiger charge is -2.15. The van der Waals surface area contributed by atoms with E-state index in [1.807, 2.05) is 66.9 Å². The van der Waals surface area contributed by atoms with E-state index in [0.29, 0.717) is 22.8 Å². The van der Waals surface area contributed by atoms with Gasteiger partial charge in [-0.15, -0.1) is 0 Å². The van der Waals surface area contributed by atoms with Crippen LogP contribution in [0, 0.1) is 11.7 Å². The molecule has 2 N–H and O–H groups in total. The van der Waals surface area contributed by atoms with Crippen molar-refractivity contribution in [2.75, 3.05) is 0 Å². The molecule has 1 unspecified atom stereocenters. The predicted octanol–water partition coefficient (Wildman–Crippen LogP) is 4.84. The van der Waals surface area contributed by atoms with Gasteiger partial charge in [-0.2, -0.15) is 5.10 Å². The van der Waals surface area contributed by atoms with Crippen molar-refractivity contribution in [3.63, 3.8) is 0 Å². The van der Waals surface area contributed by atoms with Crippen LogP contribution in [-0.4, -0.2) is 20.7 Å². The van der Waals surface area contributed by atoms with Gasteiger partial charge in [0.05, 0.1) is 6.04 Å². The van der Waals surface area contributed by atoms with E-state index in [1.165, 1.54) is 5.56 Å². The molecule has 0 fully saturated rings. The van der Waals surface area contributed by atoms with Crippen LogP contribution in [0.2, 0.25) is 5.02 Å². The van der Waals surface area contributed by atoms with Gasteiger partial charge in [-0.3, -0.25) is 14.5 Å². The molecule has 0 aliphatic heterocycles. The Morgan fingerprint density at radius 3 is 2.56 bits per heavy atom. The first-order chi connectivity index (χ1) is 12.9. The van der Waals surface area contributed by atoms with E-state index in [-0.39, 0.29) is 11.9 Å². The molecule has 0 saturated carbocycles. The van der Waals surface area contributed by atoms with E-state index in [9.17, 15) is 4.79 Å². The van der Waals surface area contributed by atoms with Crippen LogP contribution in [0.25, 0.3) is 11.4 Å². The molecule has 7 heteroatoms. The van der Waals surface area contributed by atoms with Gasteiger partial charge in [0, 0.05) is 23.6 Å². The Morgan fingerprint density at radius 1 is 1.22 bits per heavy atom. The summed E-state index contributed by atoms with van der Waals surface area (Å²) in [4.78, 5) is 12.4. The molecule has 27 heavy (non-hydrogen) atoms. The molecule has 1 amide bonds. The number of aromatic nitrogens is 3. The molecule has 1 aromatic heterocycles. The highest BCUT2D eigenvalue weighted by molar-refractivity contribution is 7.71. The lowest BCUT2D eigenvalue weighted by molar-refractivity contribution is -0.121. The molecule has 0 aliphatic rings. The predicted molar refractivity (Wildman–Crippen MR) is 110 cm³/mol. The van der Waals surface area contributed by atoms with Gasteiger partial charge >= 0.3 is 0 Å². The lowest BCUT2D eigenvalue weighted by Crippen LogP contribution is -2.27. The van der Waals surface area contributed by atoms with Crippen LogP contribution in [-0.2, 0) is 11.3 Å². The van der Waals surface area contributed by atoms with Crippen molar-refractivity contribution < 1.29 is 4.79 Å². The van der Waals surface area contributed by atoms with Crippen LogP contribution in [0.5, 0.6) is 0 Å². The number of amides is 1. The molecule has 140 valence electrons. The summed E-state index contributed by atoms with van der Waals surface area (Å²) in [5.74, 6) is 0.689. The van der Waals surface area contributed by atoms with Gasteiger partial charge in [0.2, 0.25) is 5.91 Å². The molecular weight excluding hydrogens is 380 g/mol. The Kier molecular flexibility index (Phi) is 6.08. The minimum absolute atomic E-state index is 0.0459. The molecule has 0 bridgehead atoms. The SMILES string of the molecule is Cc1ccc(-c2n[nH]c(=S)n2CCC(=O)NC(C)c2ccc(Cl)cc2)cc1. The molecule has 5 nitrogen and oxygen atoms in total. The number of nitrogens with zero attached hydrogens (tertiary/aromatic N) is 2. The zero-order valence-electron chi connectivity index (χ0n) is 15.2. The summed E-state index contributed by atoms with van der Waals surface area (Å²) in [6.07, 6.45) is 0.310. The zero-order valence-corrected chi connectivity index (χ0v) is 16.8. The van der Waals surface area contributed by atoms with Crippen molar-refractivity contribution in [1.82, 2.24) is 20.1 Å². The van der Waals surface area contributed by atoms with Crippen molar-refractivity contribution in [1.29, 1.82) is 0 Å². The minimum atomic E-state index is -0.0938. The first kappa shape index (κ1) is 19.3. The van der Waals surface area contributed by atoms with Crippen LogP contribution >= 0.6 is 23.8 Å². The highest BCUT2D eigenvalue weighted by Crippen LogP contribution is 2.19. The fourth-order valence-electron chi connectivity index (χ4n) is 2.81. The summed E-state index contributed by atoms with van der Waals surface area (Å²) < 4.78 is 2.36. The average Bonchev–Trinajstić information content (AvgIpc) is 3.01. The Hall–Kier alpha value is -2.44. The maximum Gasteiger partial charge on any atom is 0.222 e. The maximum absolute atomic E-state index is 12.4. The quantitative estimate of drug-likeness (QED) is 0.582. The third-order valence-electron chi connectivity index (χ3n) is 4.38. The van der Waals surface area contributed by atoms with E-state index >= 15 is 0 Å². The molecule has 2 aromatic carbocycles. The number of rotatable bonds is 6. The second-order valence-electron chi connectivity index (χ2n) is 6.46. The average molecular weight is 401 g/mol. The van der Waals surface area contributed by atoms with E-state index in [0.717, 1.165) is 17.0 Å². The van der Waals surface area contributed by atoms with Crippen LogP contribution < -0.4 is 5.32 Å². The van der Waals surface area contributed by atoms with E-state index in [1.54, 1.807) is 0 Å². The number of aromatic amines is 1. The maximum atomic E-state index is 12.4. The second kappa shape index (κ2) is 8.50. The molecule has 3 aromatic rings. The second-order valence-corrected chi connectivity index (χ2v) is 7.28. The molecule has 0 saturated heterocycles. The van der Waals surface area contributed by atoms with Crippen LogP contribution in [0.1, 0.15) is 30.5 Å². The Bertz CT molecular complexity index is 976. The molecule has 0 aliphatic carbocycles. The van der Waals surface area contributed by atoms with Gasteiger partial charge in [0.1, 0.15) is 0 Å². The first-order valence-electron chi connectivity index (χ1n) is 8.71. The Morgan fingerprint density at radius 2 is 1.89 bits per heavy atom. The standard InChI is InChI=1S/C20H21ClN4OS/c1-13-3-5-16(6-4-13)19-23-24-20(27)25(19)12-11-18(26)22-14(2)15-7-9-17(21)10-8-15/h3-10,14H,11-12H2,1-2H3,(H,22,26)(H,24,27). The van der Waals surface area contributed by atoms with Crippen molar-refractivity contribution >= 4 is 29.7 Å². The van der Waals surface area contributed by atoms with Gasteiger partial charge < -0.3 is 5.32 Å². The number of nitrogens with one attached hydrogen (secondary N) is 2. The van der Waals surface area contributed by atoms with Crippen LogP contribution in [0.15, 0.2) is 48.5 Å². The minimum Gasteiger partial charge on any atom is -0.350 e. The van der Waals surface area contributed by atoms with Crippen LogP contribution in [0.3, 0.4) is 0 Å². The fraction of sp³-hybridized carbons (Fsp3) is 0.250. The van der Waals surface area contributed by atoms with Gasteiger partial charge in [-0.25, -0.2) is 0 Å². The van der Waals surface area contributed by atoms with Gasteiger partial charge in [-0.05, 0) is 43.8 Å². The van der Waals surface area contributed by atoms with Gasteiger partial charge in [-0.1, -0.05) is 53.6 Å². The van der Waals surface area contributed by atoms with Gasteiger partial charge in [0.15, 0.2) is 10.6 Å². The van der Waals surface area contributed by atoms with Crippen LogP contribution in [0.4, 0.5) is 0 Å². The number of halogens is 1.